The van der Waals surface area contributed by atoms with E-state index in [2.05, 4.69) is 17.6 Å². The minimum Gasteiger partial charge on any atom is -0.352 e. The van der Waals surface area contributed by atoms with Crippen molar-refractivity contribution < 1.29 is 4.79 Å². The molecule has 0 aromatic heterocycles. The van der Waals surface area contributed by atoms with Gasteiger partial charge in [0.2, 0.25) is 5.91 Å². The lowest BCUT2D eigenvalue weighted by atomic mass is 10.2. The van der Waals surface area contributed by atoms with Crippen LogP contribution in [0.25, 0.3) is 0 Å². The van der Waals surface area contributed by atoms with Crippen molar-refractivity contribution in [1.29, 1.82) is 0 Å². The van der Waals surface area contributed by atoms with E-state index in [4.69, 9.17) is 0 Å². The highest BCUT2D eigenvalue weighted by Gasteiger charge is 2.11. The molecule has 0 aliphatic carbocycles. The molecule has 0 saturated carbocycles. The number of carbonyl (C=O) groups is 1. The van der Waals surface area contributed by atoms with Crippen molar-refractivity contribution in [1.82, 2.24) is 10.6 Å². The fourth-order valence-electron chi connectivity index (χ4n) is 0.601. The topological polar surface area (TPSA) is 41.1 Å². The fourth-order valence-corrected chi connectivity index (χ4v) is 0.601. The predicted octanol–water partition coefficient (Wildman–Crippen LogP) is 0.509. The van der Waals surface area contributed by atoms with Gasteiger partial charge in [-0.05, 0) is 27.3 Å². The van der Waals surface area contributed by atoms with Gasteiger partial charge in [-0.1, -0.05) is 6.92 Å². The van der Waals surface area contributed by atoms with Crippen LogP contribution in [-0.2, 0) is 4.79 Å². The van der Waals surface area contributed by atoms with Gasteiger partial charge < -0.3 is 10.6 Å². The molecule has 3 heteroatoms. The van der Waals surface area contributed by atoms with Crippen LogP contribution in [0.4, 0.5) is 0 Å². The van der Waals surface area contributed by atoms with Gasteiger partial charge in [0.1, 0.15) is 0 Å². The monoisotopic (exact) mass is 158 g/mol. The van der Waals surface area contributed by atoms with Crippen LogP contribution < -0.4 is 10.6 Å². The van der Waals surface area contributed by atoms with Crippen LogP contribution in [-0.4, -0.2) is 25.0 Å². The molecule has 0 fully saturated rings. The third-order valence-corrected chi connectivity index (χ3v) is 1.83. The van der Waals surface area contributed by atoms with Gasteiger partial charge in [-0.15, -0.1) is 0 Å². The van der Waals surface area contributed by atoms with Crippen molar-refractivity contribution in [3.05, 3.63) is 0 Å². The van der Waals surface area contributed by atoms with E-state index in [9.17, 15) is 4.79 Å². The summed E-state index contributed by atoms with van der Waals surface area (Å²) in [5.41, 5.74) is 0. The number of rotatable bonds is 4. The number of likely N-dealkylation sites (N-methyl/N-ethyl adjacent to an activating group) is 1. The van der Waals surface area contributed by atoms with Gasteiger partial charge in [-0.3, -0.25) is 4.79 Å². The molecule has 2 atom stereocenters. The summed E-state index contributed by atoms with van der Waals surface area (Å²) in [5, 5.41) is 5.76. The number of amides is 1. The third kappa shape index (κ3) is 3.98. The first-order valence-corrected chi connectivity index (χ1v) is 4.09. The maximum absolute atomic E-state index is 11.2. The summed E-state index contributed by atoms with van der Waals surface area (Å²) in [6, 6.07) is 0.183. The summed E-state index contributed by atoms with van der Waals surface area (Å²) < 4.78 is 0. The van der Waals surface area contributed by atoms with E-state index in [1.54, 1.807) is 7.05 Å². The molecule has 0 spiro atoms. The Hall–Kier alpha value is -0.570. The second-order valence-corrected chi connectivity index (χ2v) is 2.83. The predicted molar refractivity (Wildman–Crippen MR) is 46.4 cm³/mol. The molecule has 0 radical (unpaired) electrons. The van der Waals surface area contributed by atoms with E-state index in [-0.39, 0.29) is 18.0 Å². The molecule has 0 rings (SSSR count). The van der Waals surface area contributed by atoms with E-state index >= 15 is 0 Å². The number of hydrogen-bond donors (Lipinski definition) is 2. The summed E-state index contributed by atoms with van der Waals surface area (Å²) in [6.07, 6.45) is 0.974. The highest BCUT2D eigenvalue weighted by molar-refractivity contribution is 5.81. The number of carbonyl (C=O) groups excluding carboxylic acids is 1. The SMILES string of the molecule is CCC(C)NC(=O)C(C)NC. The summed E-state index contributed by atoms with van der Waals surface area (Å²) in [7, 11) is 1.78. The molecular formula is C8H18N2O. The minimum atomic E-state index is -0.0935. The second kappa shape index (κ2) is 5.13. The van der Waals surface area contributed by atoms with Crippen LogP contribution in [0.5, 0.6) is 0 Å². The Labute approximate surface area is 68.6 Å². The normalized spacial score (nSPS) is 15.6. The van der Waals surface area contributed by atoms with Crippen LogP contribution in [0.1, 0.15) is 27.2 Å². The molecule has 1 amide bonds. The summed E-state index contributed by atoms with van der Waals surface area (Å²) in [4.78, 5) is 11.2. The Morgan fingerprint density at radius 3 is 2.36 bits per heavy atom. The average Bonchev–Trinajstić information content (AvgIpc) is 2.02. The van der Waals surface area contributed by atoms with Crippen LogP contribution >= 0.6 is 0 Å². The van der Waals surface area contributed by atoms with Crippen LogP contribution in [0, 0.1) is 0 Å². The molecule has 0 aromatic carbocycles. The van der Waals surface area contributed by atoms with Gasteiger partial charge in [-0.25, -0.2) is 0 Å². The molecule has 66 valence electrons. The van der Waals surface area contributed by atoms with E-state index in [0.29, 0.717) is 0 Å². The Kier molecular flexibility index (Phi) is 4.86. The maximum Gasteiger partial charge on any atom is 0.237 e. The first-order valence-electron chi connectivity index (χ1n) is 4.09. The second-order valence-electron chi connectivity index (χ2n) is 2.83. The highest BCUT2D eigenvalue weighted by atomic mass is 16.2. The molecule has 0 aliphatic rings. The van der Waals surface area contributed by atoms with E-state index < -0.39 is 0 Å². The molecule has 3 nitrogen and oxygen atoms in total. The molecule has 0 aromatic rings. The summed E-state index contributed by atoms with van der Waals surface area (Å²) in [5.74, 6) is 0.0712. The zero-order chi connectivity index (χ0) is 8.85. The quantitative estimate of drug-likeness (QED) is 0.626. The van der Waals surface area contributed by atoms with Crippen molar-refractivity contribution in [2.45, 2.75) is 39.3 Å². The molecule has 0 saturated heterocycles. The first-order chi connectivity index (χ1) is 5.11. The van der Waals surface area contributed by atoms with Crippen molar-refractivity contribution in [2.24, 2.45) is 0 Å². The van der Waals surface area contributed by atoms with E-state index in [1.807, 2.05) is 13.8 Å². The summed E-state index contributed by atoms with van der Waals surface area (Å²) in [6.45, 7) is 5.90. The van der Waals surface area contributed by atoms with E-state index in [1.165, 1.54) is 0 Å². The van der Waals surface area contributed by atoms with Crippen molar-refractivity contribution in [3.63, 3.8) is 0 Å². The molecule has 0 bridgehead atoms. The fraction of sp³-hybridized carbons (Fsp3) is 0.875. The van der Waals surface area contributed by atoms with Gasteiger partial charge >= 0.3 is 0 Å². The largest absolute Gasteiger partial charge is 0.352 e. The number of hydrogen-bond acceptors (Lipinski definition) is 2. The third-order valence-electron chi connectivity index (χ3n) is 1.83. The van der Waals surface area contributed by atoms with Crippen molar-refractivity contribution in [2.75, 3.05) is 7.05 Å². The molecule has 0 aliphatic heterocycles. The number of nitrogens with one attached hydrogen (secondary N) is 2. The first kappa shape index (κ1) is 10.4. The van der Waals surface area contributed by atoms with Gasteiger partial charge in [0, 0.05) is 6.04 Å². The lowest BCUT2D eigenvalue weighted by Crippen LogP contribution is -2.43. The summed E-state index contributed by atoms with van der Waals surface area (Å²) >= 11 is 0. The van der Waals surface area contributed by atoms with Gasteiger partial charge in [0.15, 0.2) is 0 Å². The Balaban J connectivity index is 3.68. The lowest BCUT2D eigenvalue weighted by molar-refractivity contribution is -0.123. The Morgan fingerprint density at radius 1 is 1.45 bits per heavy atom. The van der Waals surface area contributed by atoms with Gasteiger partial charge in [0.05, 0.1) is 6.04 Å². The average molecular weight is 158 g/mol. The molecule has 0 heterocycles. The van der Waals surface area contributed by atoms with Gasteiger partial charge in [-0.2, -0.15) is 0 Å². The molecule has 11 heavy (non-hydrogen) atoms. The van der Waals surface area contributed by atoms with Gasteiger partial charge in [0.25, 0.3) is 0 Å². The van der Waals surface area contributed by atoms with E-state index in [0.717, 1.165) is 6.42 Å². The lowest BCUT2D eigenvalue weighted by Gasteiger charge is -2.15. The van der Waals surface area contributed by atoms with Crippen molar-refractivity contribution in [3.8, 4) is 0 Å². The molecule has 2 unspecified atom stereocenters. The zero-order valence-corrected chi connectivity index (χ0v) is 7.77. The maximum atomic E-state index is 11.2. The molecule has 2 N–H and O–H groups in total. The molecular weight excluding hydrogens is 140 g/mol. The minimum absolute atomic E-state index is 0.0712. The van der Waals surface area contributed by atoms with Crippen LogP contribution in [0.15, 0.2) is 0 Å². The zero-order valence-electron chi connectivity index (χ0n) is 7.77. The Morgan fingerprint density at radius 2 is 2.00 bits per heavy atom. The van der Waals surface area contributed by atoms with Crippen molar-refractivity contribution >= 4 is 5.91 Å². The standard InChI is InChI=1S/C8H18N2O/c1-5-6(2)10-8(11)7(3)9-4/h6-7,9H,5H2,1-4H3,(H,10,11). The van der Waals surface area contributed by atoms with Crippen LogP contribution in [0.2, 0.25) is 0 Å². The smallest absolute Gasteiger partial charge is 0.237 e. The Bertz CT molecular complexity index is 125. The highest BCUT2D eigenvalue weighted by Crippen LogP contribution is 1.89. The van der Waals surface area contributed by atoms with Crippen LogP contribution in [0.3, 0.4) is 0 Å².